The number of aryl methyl sites for hydroxylation is 1. The predicted octanol–water partition coefficient (Wildman–Crippen LogP) is 4.52. The number of nitrogens with zero attached hydrogens (tertiary/aromatic N) is 2. The molecule has 0 unspecified atom stereocenters. The molecule has 5 rings (SSSR count). The standard InChI is InChI=1S/C27H22FN3O3/c1-17(32)29-20-14-12-19(13-15-20)24-25(30-16-6-8-18-7-2-4-10-22(18)30)27(34)31(26(24)33)23-11-5-3-9-21(23)28/h2-5,7,9-15H,6,8,16H2,1H3,(H,29,32). The van der Waals surface area contributed by atoms with E-state index in [9.17, 15) is 18.8 Å². The van der Waals surface area contributed by atoms with Gasteiger partial charge in [-0.15, -0.1) is 0 Å². The van der Waals surface area contributed by atoms with Crippen molar-refractivity contribution in [3.63, 3.8) is 0 Å². The summed E-state index contributed by atoms with van der Waals surface area (Å²) in [5.41, 5.74) is 3.41. The third-order valence-corrected chi connectivity index (χ3v) is 6.03. The molecule has 0 fully saturated rings. The number of hydrogen-bond donors (Lipinski definition) is 1. The lowest BCUT2D eigenvalue weighted by atomic mass is 9.98. The Labute approximate surface area is 196 Å². The number of carbonyl (C=O) groups is 3. The average molecular weight is 455 g/mol. The van der Waals surface area contributed by atoms with Crippen molar-refractivity contribution in [3.05, 3.63) is 95.4 Å². The van der Waals surface area contributed by atoms with E-state index in [1.807, 2.05) is 29.2 Å². The first-order chi connectivity index (χ1) is 16.5. The number of anilines is 3. The van der Waals surface area contributed by atoms with Crippen molar-refractivity contribution in [2.75, 3.05) is 21.7 Å². The summed E-state index contributed by atoms with van der Waals surface area (Å²) in [6.45, 7) is 1.97. The van der Waals surface area contributed by atoms with Crippen LogP contribution in [0.1, 0.15) is 24.5 Å². The van der Waals surface area contributed by atoms with Crippen LogP contribution in [0.5, 0.6) is 0 Å². The van der Waals surface area contributed by atoms with Gasteiger partial charge < -0.3 is 10.2 Å². The highest BCUT2D eigenvalue weighted by Crippen LogP contribution is 2.40. The van der Waals surface area contributed by atoms with Gasteiger partial charge in [0.1, 0.15) is 11.5 Å². The number of halogens is 1. The number of fused-ring (bicyclic) bond motifs is 1. The second-order valence-corrected chi connectivity index (χ2v) is 8.26. The maximum atomic E-state index is 14.7. The molecule has 34 heavy (non-hydrogen) atoms. The first kappa shape index (κ1) is 21.6. The van der Waals surface area contributed by atoms with E-state index in [0.29, 0.717) is 17.8 Å². The van der Waals surface area contributed by atoms with E-state index in [0.717, 1.165) is 29.0 Å². The Kier molecular flexibility index (Phi) is 5.45. The number of para-hydroxylation sites is 2. The molecule has 170 valence electrons. The normalized spacial score (nSPS) is 15.6. The lowest BCUT2D eigenvalue weighted by molar-refractivity contribution is -0.120. The summed E-state index contributed by atoms with van der Waals surface area (Å²) in [6, 6.07) is 20.3. The zero-order valence-electron chi connectivity index (χ0n) is 18.5. The number of carbonyl (C=O) groups excluding carboxylic acids is 3. The van der Waals surface area contributed by atoms with Gasteiger partial charge in [-0.25, -0.2) is 9.29 Å². The molecule has 2 aliphatic rings. The molecule has 0 aromatic heterocycles. The third-order valence-electron chi connectivity index (χ3n) is 6.03. The predicted molar refractivity (Wildman–Crippen MR) is 129 cm³/mol. The van der Waals surface area contributed by atoms with Crippen molar-refractivity contribution in [3.8, 4) is 0 Å². The van der Waals surface area contributed by atoms with Gasteiger partial charge in [-0.05, 0) is 54.3 Å². The quantitative estimate of drug-likeness (QED) is 0.588. The first-order valence-corrected chi connectivity index (χ1v) is 11.1. The Morgan fingerprint density at radius 3 is 2.26 bits per heavy atom. The molecule has 0 saturated heterocycles. The van der Waals surface area contributed by atoms with Gasteiger partial charge in [0.05, 0.1) is 11.3 Å². The van der Waals surface area contributed by atoms with Gasteiger partial charge in [0, 0.05) is 24.8 Å². The van der Waals surface area contributed by atoms with Crippen molar-refractivity contribution in [1.29, 1.82) is 0 Å². The van der Waals surface area contributed by atoms with Gasteiger partial charge in [-0.2, -0.15) is 0 Å². The topological polar surface area (TPSA) is 69.7 Å². The van der Waals surface area contributed by atoms with Crippen LogP contribution in [-0.2, 0) is 20.8 Å². The van der Waals surface area contributed by atoms with E-state index < -0.39 is 17.6 Å². The van der Waals surface area contributed by atoms with Gasteiger partial charge in [-0.1, -0.05) is 42.5 Å². The Bertz CT molecular complexity index is 1350. The molecule has 0 radical (unpaired) electrons. The van der Waals surface area contributed by atoms with Crippen LogP contribution < -0.4 is 15.1 Å². The number of amides is 3. The SMILES string of the molecule is CC(=O)Nc1ccc(C2=C(N3CCCc4ccccc43)C(=O)N(c3ccccc3F)C2=O)cc1. The molecule has 2 aliphatic heterocycles. The molecule has 3 aromatic rings. The van der Waals surface area contributed by atoms with E-state index in [1.165, 1.54) is 25.1 Å². The minimum atomic E-state index is -0.648. The summed E-state index contributed by atoms with van der Waals surface area (Å²) in [7, 11) is 0. The number of rotatable bonds is 4. The Morgan fingerprint density at radius 1 is 0.882 bits per heavy atom. The lowest BCUT2D eigenvalue weighted by Gasteiger charge is -2.32. The largest absolute Gasteiger partial charge is 0.336 e. The maximum absolute atomic E-state index is 14.7. The molecule has 7 heteroatoms. The molecule has 0 atom stereocenters. The molecule has 2 heterocycles. The minimum Gasteiger partial charge on any atom is -0.336 e. The zero-order valence-corrected chi connectivity index (χ0v) is 18.5. The fourth-order valence-electron chi connectivity index (χ4n) is 4.57. The fraction of sp³-hybridized carbons (Fsp3) is 0.148. The summed E-state index contributed by atoms with van der Waals surface area (Å²) < 4.78 is 14.7. The van der Waals surface area contributed by atoms with E-state index in [1.54, 1.807) is 30.3 Å². The van der Waals surface area contributed by atoms with Crippen LogP contribution >= 0.6 is 0 Å². The van der Waals surface area contributed by atoms with Crippen molar-refractivity contribution in [2.24, 2.45) is 0 Å². The lowest BCUT2D eigenvalue weighted by Crippen LogP contribution is -2.37. The van der Waals surface area contributed by atoms with Crippen molar-refractivity contribution < 1.29 is 18.8 Å². The molecule has 6 nitrogen and oxygen atoms in total. The molecule has 3 aromatic carbocycles. The number of imide groups is 1. The monoisotopic (exact) mass is 455 g/mol. The molecular weight excluding hydrogens is 433 g/mol. The number of nitrogens with one attached hydrogen (secondary N) is 1. The highest BCUT2D eigenvalue weighted by Gasteiger charge is 2.44. The average Bonchev–Trinajstić information content (AvgIpc) is 3.09. The second kappa shape index (κ2) is 8.59. The van der Waals surface area contributed by atoms with Crippen LogP contribution in [0.3, 0.4) is 0 Å². The van der Waals surface area contributed by atoms with Gasteiger partial charge in [0.2, 0.25) is 5.91 Å². The van der Waals surface area contributed by atoms with Crippen LogP contribution in [0.2, 0.25) is 0 Å². The first-order valence-electron chi connectivity index (χ1n) is 11.1. The fourth-order valence-corrected chi connectivity index (χ4v) is 4.57. The van der Waals surface area contributed by atoms with Crippen LogP contribution in [0.4, 0.5) is 21.5 Å². The van der Waals surface area contributed by atoms with Gasteiger partial charge in [-0.3, -0.25) is 14.4 Å². The summed E-state index contributed by atoms with van der Waals surface area (Å²) in [5.74, 6) is -2.01. The van der Waals surface area contributed by atoms with Gasteiger partial charge >= 0.3 is 0 Å². The highest BCUT2D eigenvalue weighted by molar-refractivity contribution is 6.46. The Morgan fingerprint density at radius 2 is 1.56 bits per heavy atom. The molecule has 3 amide bonds. The Hall–Kier alpha value is -4.26. The molecule has 1 N–H and O–H groups in total. The molecule has 0 bridgehead atoms. The van der Waals surface area contributed by atoms with Crippen LogP contribution in [-0.4, -0.2) is 24.3 Å². The highest BCUT2D eigenvalue weighted by atomic mass is 19.1. The van der Waals surface area contributed by atoms with Crippen LogP contribution in [0, 0.1) is 5.82 Å². The summed E-state index contributed by atoms with van der Waals surface area (Å²) >= 11 is 0. The zero-order chi connectivity index (χ0) is 23.8. The van der Waals surface area contributed by atoms with Crippen LogP contribution in [0.25, 0.3) is 5.57 Å². The van der Waals surface area contributed by atoms with E-state index in [4.69, 9.17) is 0 Å². The maximum Gasteiger partial charge on any atom is 0.282 e. The van der Waals surface area contributed by atoms with Crippen molar-refractivity contribution in [2.45, 2.75) is 19.8 Å². The van der Waals surface area contributed by atoms with E-state index in [2.05, 4.69) is 5.32 Å². The van der Waals surface area contributed by atoms with Crippen molar-refractivity contribution in [1.82, 2.24) is 0 Å². The Balaban J connectivity index is 1.67. The minimum absolute atomic E-state index is 0.0786. The number of benzene rings is 3. The van der Waals surface area contributed by atoms with Crippen molar-refractivity contribution >= 4 is 40.4 Å². The van der Waals surface area contributed by atoms with Gasteiger partial charge in [0.25, 0.3) is 11.8 Å². The summed E-state index contributed by atoms with van der Waals surface area (Å²) in [6.07, 6.45) is 1.69. The smallest absolute Gasteiger partial charge is 0.282 e. The second-order valence-electron chi connectivity index (χ2n) is 8.26. The molecule has 0 aliphatic carbocycles. The summed E-state index contributed by atoms with van der Waals surface area (Å²) in [4.78, 5) is 41.6. The van der Waals surface area contributed by atoms with Gasteiger partial charge in [0.15, 0.2) is 0 Å². The van der Waals surface area contributed by atoms with E-state index in [-0.39, 0.29) is 22.9 Å². The summed E-state index contributed by atoms with van der Waals surface area (Å²) in [5, 5.41) is 2.69. The third kappa shape index (κ3) is 3.65. The number of hydrogen-bond acceptors (Lipinski definition) is 4. The molecule has 0 spiro atoms. The van der Waals surface area contributed by atoms with E-state index >= 15 is 0 Å². The van der Waals surface area contributed by atoms with Crippen LogP contribution in [0.15, 0.2) is 78.5 Å². The molecule has 0 saturated carbocycles. The molecular formula is C27H22FN3O3.